The summed E-state index contributed by atoms with van der Waals surface area (Å²) in [6, 6.07) is 6.75. The number of carbonyl (C=O) groups excluding carboxylic acids is 2. The zero-order valence-corrected chi connectivity index (χ0v) is 14.0. The number of rotatable bonds is 3. The first-order valence-electron chi connectivity index (χ1n) is 8.25. The van der Waals surface area contributed by atoms with E-state index >= 15 is 0 Å². The minimum Gasteiger partial charge on any atom is -0.338 e. The molecule has 1 saturated heterocycles. The van der Waals surface area contributed by atoms with Gasteiger partial charge in [-0.1, -0.05) is 6.07 Å². The number of nitrogens with one attached hydrogen (secondary N) is 2. The normalized spacial score (nSPS) is 17.2. The van der Waals surface area contributed by atoms with Crippen LogP contribution in [0.15, 0.2) is 41.5 Å². The van der Waals surface area contributed by atoms with E-state index in [0.29, 0.717) is 25.3 Å². The highest BCUT2D eigenvalue weighted by Crippen LogP contribution is 2.19. The van der Waals surface area contributed by atoms with E-state index in [1.54, 1.807) is 23.2 Å². The molecule has 2 aromatic heterocycles. The quantitative estimate of drug-likeness (QED) is 0.886. The molecule has 1 unspecified atom stereocenters. The second-order valence-electron chi connectivity index (χ2n) is 6.21. The summed E-state index contributed by atoms with van der Waals surface area (Å²) in [4.78, 5) is 45.0. The van der Waals surface area contributed by atoms with Crippen LogP contribution in [-0.2, 0) is 4.79 Å². The first kappa shape index (κ1) is 16.9. The molecule has 1 atom stereocenters. The van der Waals surface area contributed by atoms with E-state index in [0.717, 1.165) is 12.0 Å². The molecule has 25 heavy (non-hydrogen) atoms. The molecule has 0 saturated carbocycles. The van der Waals surface area contributed by atoms with Crippen LogP contribution in [0.25, 0.3) is 0 Å². The second kappa shape index (κ2) is 7.29. The van der Waals surface area contributed by atoms with Crippen molar-refractivity contribution in [1.82, 2.24) is 14.9 Å². The largest absolute Gasteiger partial charge is 0.338 e. The Bertz CT molecular complexity index is 829. The lowest BCUT2D eigenvalue weighted by molar-refractivity contribution is -0.121. The molecule has 7 nitrogen and oxygen atoms in total. The number of amides is 2. The molecule has 0 aliphatic carbocycles. The predicted molar refractivity (Wildman–Crippen MR) is 93.3 cm³/mol. The molecule has 0 spiro atoms. The van der Waals surface area contributed by atoms with E-state index in [9.17, 15) is 14.4 Å². The van der Waals surface area contributed by atoms with E-state index in [4.69, 9.17) is 0 Å². The van der Waals surface area contributed by atoms with Gasteiger partial charge in [-0.05, 0) is 43.5 Å². The molecule has 3 heterocycles. The molecule has 7 heteroatoms. The van der Waals surface area contributed by atoms with E-state index < -0.39 is 5.56 Å². The van der Waals surface area contributed by atoms with Gasteiger partial charge in [0.15, 0.2) is 0 Å². The van der Waals surface area contributed by atoms with Crippen LogP contribution in [0.3, 0.4) is 0 Å². The average Bonchev–Trinajstić information content (AvgIpc) is 2.63. The van der Waals surface area contributed by atoms with Gasteiger partial charge in [0.1, 0.15) is 11.4 Å². The highest BCUT2D eigenvalue weighted by Gasteiger charge is 2.29. The minimum absolute atomic E-state index is 0.101. The highest BCUT2D eigenvalue weighted by molar-refractivity contribution is 5.95. The second-order valence-corrected chi connectivity index (χ2v) is 6.21. The topological polar surface area (TPSA) is 95.2 Å². The standard InChI is InChI=1S/C18H20N4O3/c1-12-6-7-15(20-10-12)21-16(23)13-4-3-9-22(11-13)18(25)14-5-2-8-19-17(14)24/h2,5-8,10,13H,3-4,9,11H2,1H3,(H,19,24)(H,20,21,23). The van der Waals surface area contributed by atoms with Crippen molar-refractivity contribution in [2.24, 2.45) is 5.92 Å². The summed E-state index contributed by atoms with van der Waals surface area (Å²) in [5, 5.41) is 2.79. The number of nitrogens with zero attached hydrogens (tertiary/aromatic N) is 2. The van der Waals surface area contributed by atoms with Crippen LogP contribution >= 0.6 is 0 Å². The summed E-state index contributed by atoms with van der Waals surface area (Å²) >= 11 is 0. The molecule has 3 rings (SSSR count). The van der Waals surface area contributed by atoms with E-state index in [-0.39, 0.29) is 23.3 Å². The Kier molecular flexibility index (Phi) is 4.92. The van der Waals surface area contributed by atoms with Crippen molar-refractivity contribution in [1.29, 1.82) is 0 Å². The van der Waals surface area contributed by atoms with Gasteiger partial charge in [0.25, 0.3) is 11.5 Å². The summed E-state index contributed by atoms with van der Waals surface area (Å²) in [5.41, 5.74) is 0.701. The number of likely N-dealkylation sites (tertiary alicyclic amines) is 1. The fourth-order valence-electron chi connectivity index (χ4n) is 2.91. The molecule has 0 bridgehead atoms. The van der Waals surface area contributed by atoms with E-state index in [2.05, 4.69) is 15.3 Å². The van der Waals surface area contributed by atoms with Gasteiger partial charge in [-0.3, -0.25) is 14.4 Å². The first-order valence-corrected chi connectivity index (χ1v) is 8.25. The lowest BCUT2D eigenvalue weighted by Gasteiger charge is -2.31. The maximum atomic E-state index is 12.5. The molecule has 130 valence electrons. The lowest BCUT2D eigenvalue weighted by Crippen LogP contribution is -2.45. The molecule has 0 radical (unpaired) electrons. The molecule has 1 fully saturated rings. The van der Waals surface area contributed by atoms with Gasteiger partial charge in [-0.15, -0.1) is 0 Å². The van der Waals surface area contributed by atoms with Crippen LogP contribution in [0.4, 0.5) is 5.82 Å². The van der Waals surface area contributed by atoms with Gasteiger partial charge >= 0.3 is 0 Å². The molecule has 0 aromatic carbocycles. The molecule has 1 aliphatic heterocycles. The van der Waals surface area contributed by atoms with Crippen molar-refractivity contribution in [2.75, 3.05) is 18.4 Å². The summed E-state index contributed by atoms with van der Waals surface area (Å²) in [5.74, 6) is -0.314. The molecule has 2 N–H and O–H groups in total. The zero-order valence-electron chi connectivity index (χ0n) is 14.0. The molecule has 2 amide bonds. The number of aryl methyl sites for hydroxylation is 1. The van der Waals surface area contributed by atoms with Gasteiger partial charge in [-0.2, -0.15) is 0 Å². The van der Waals surface area contributed by atoms with Gasteiger partial charge in [-0.25, -0.2) is 4.98 Å². The monoisotopic (exact) mass is 340 g/mol. The smallest absolute Gasteiger partial charge is 0.260 e. The number of carbonyl (C=O) groups is 2. The Morgan fingerprint density at radius 1 is 1.32 bits per heavy atom. The minimum atomic E-state index is -0.414. The predicted octanol–water partition coefficient (Wildman–Crippen LogP) is 1.57. The first-order chi connectivity index (χ1) is 12.0. The van der Waals surface area contributed by atoms with Crippen molar-refractivity contribution in [3.8, 4) is 0 Å². The third kappa shape index (κ3) is 3.93. The van der Waals surface area contributed by atoms with Crippen LogP contribution in [0.1, 0.15) is 28.8 Å². The molecule has 2 aromatic rings. The van der Waals surface area contributed by atoms with Gasteiger partial charge in [0.05, 0.1) is 5.92 Å². The van der Waals surface area contributed by atoms with Gasteiger partial charge < -0.3 is 15.2 Å². The Labute approximate surface area is 145 Å². The van der Waals surface area contributed by atoms with E-state index in [1.165, 1.54) is 12.3 Å². The SMILES string of the molecule is Cc1ccc(NC(=O)C2CCCN(C(=O)c3ccc[nH]c3=O)C2)nc1. The number of anilines is 1. The summed E-state index contributed by atoms with van der Waals surface area (Å²) in [6.45, 7) is 2.76. The number of piperidine rings is 1. The lowest BCUT2D eigenvalue weighted by atomic mass is 9.96. The van der Waals surface area contributed by atoms with E-state index in [1.807, 2.05) is 13.0 Å². The van der Waals surface area contributed by atoms with Crippen molar-refractivity contribution in [3.63, 3.8) is 0 Å². The molecular weight excluding hydrogens is 320 g/mol. The zero-order chi connectivity index (χ0) is 17.8. The number of hydrogen-bond donors (Lipinski definition) is 2. The number of aromatic nitrogens is 2. The van der Waals surface area contributed by atoms with Crippen LogP contribution in [0.2, 0.25) is 0 Å². The number of hydrogen-bond acceptors (Lipinski definition) is 4. The molecular formula is C18H20N4O3. The third-order valence-electron chi connectivity index (χ3n) is 4.29. The Balaban J connectivity index is 1.67. The van der Waals surface area contributed by atoms with Crippen LogP contribution < -0.4 is 10.9 Å². The summed E-state index contributed by atoms with van der Waals surface area (Å²) in [6.07, 6.45) is 4.59. The van der Waals surface area contributed by atoms with Crippen LogP contribution in [0.5, 0.6) is 0 Å². The molecule has 1 aliphatic rings. The maximum Gasteiger partial charge on any atom is 0.260 e. The average molecular weight is 340 g/mol. The van der Waals surface area contributed by atoms with Gasteiger partial charge in [0, 0.05) is 25.5 Å². The number of H-pyrrole nitrogens is 1. The third-order valence-corrected chi connectivity index (χ3v) is 4.29. The summed E-state index contributed by atoms with van der Waals surface area (Å²) < 4.78 is 0. The Morgan fingerprint density at radius 2 is 2.16 bits per heavy atom. The van der Waals surface area contributed by atoms with Crippen molar-refractivity contribution in [3.05, 3.63) is 58.1 Å². The van der Waals surface area contributed by atoms with Crippen molar-refractivity contribution < 1.29 is 9.59 Å². The van der Waals surface area contributed by atoms with Crippen LogP contribution in [0, 0.1) is 12.8 Å². The Hall–Kier alpha value is -2.96. The highest BCUT2D eigenvalue weighted by atomic mass is 16.2. The Morgan fingerprint density at radius 3 is 2.88 bits per heavy atom. The maximum absolute atomic E-state index is 12.5. The fraction of sp³-hybridized carbons (Fsp3) is 0.333. The number of pyridine rings is 2. The van der Waals surface area contributed by atoms with Crippen molar-refractivity contribution >= 4 is 17.6 Å². The number of aromatic amines is 1. The van der Waals surface area contributed by atoms with Crippen molar-refractivity contribution in [2.45, 2.75) is 19.8 Å². The van der Waals surface area contributed by atoms with Crippen LogP contribution in [-0.4, -0.2) is 39.8 Å². The van der Waals surface area contributed by atoms with Gasteiger partial charge in [0.2, 0.25) is 5.91 Å². The fourth-order valence-corrected chi connectivity index (χ4v) is 2.91. The summed E-state index contributed by atoms with van der Waals surface area (Å²) in [7, 11) is 0.